The molecule has 1 amide bonds. The molecule has 4 aliphatic rings. The third kappa shape index (κ3) is 8.01. The fourth-order valence-corrected chi connectivity index (χ4v) is 10.1. The Hall–Kier alpha value is -4.96. The fraction of sp³-hybridized carbons (Fsp3) is 0.565. The minimum absolute atomic E-state index is 0.0127. The van der Waals surface area contributed by atoms with Gasteiger partial charge in [0.05, 0.1) is 35.6 Å². The molecule has 11 atom stereocenters. The highest BCUT2D eigenvalue weighted by Crippen LogP contribution is 2.64. The van der Waals surface area contributed by atoms with E-state index in [1.165, 1.54) is 26.0 Å². The third-order valence-corrected chi connectivity index (χ3v) is 13.5. The van der Waals surface area contributed by atoms with Crippen molar-refractivity contribution >= 4 is 35.6 Å². The zero-order valence-electron chi connectivity index (χ0n) is 35.7. The van der Waals surface area contributed by atoms with E-state index >= 15 is 4.79 Å². The summed E-state index contributed by atoms with van der Waals surface area (Å²) in [5, 5.41) is 40.2. The van der Waals surface area contributed by atoms with Gasteiger partial charge in [0.15, 0.2) is 23.6 Å². The van der Waals surface area contributed by atoms with Gasteiger partial charge in [-0.3, -0.25) is 19.2 Å². The van der Waals surface area contributed by atoms with Crippen molar-refractivity contribution in [3.05, 3.63) is 82.9 Å². The zero-order chi connectivity index (χ0) is 44.7. The third-order valence-electron chi connectivity index (χ3n) is 13.5. The van der Waals surface area contributed by atoms with Crippen molar-refractivity contribution in [1.82, 2.24) is 5.32 Å². The van der Waals surface area contributed by atoms with Crippen LogP contribution < -0.4 is 5.32 Å². The van der Waals surface area contributed by atoms with Gasteiger partial charge in [-0.2, -0.15) is 0 Å². The molecular weight excluding hydrogens is 790 g/mol. The maximum atomic E-state index is 15.5. The van der Waals surface area contributed by atoms with Crippen LogP contribution in [0.5, 0.6) is 0 Å². The monoisotopic (exact) mass is 847 g/mol. The fourth-order valence-electron chi connectivity index (χ4n) is 10.1. The minimum atomic E-state index is -2.37. The van der Waals surface area contributed by atoms with Crippen LogP contribution in [0.15, 0.2) is 71.8 Å². The molecule has 1 saturated heterocycles. The molecule has 61 heavy (non-hydrogen) atoms. The average Bonchev–Trinajstić information content (AvgIpc) is 3.21. The number of ether oxygens (including phenoxy) is 5. The number of benzene rings is 2. The molecule has 1 aliphatic heterocycles. The summed E-state index contributed by atoms with van der Waals surface area (Å²) in [6.45, 7) is 10.0. The summed E-state index contributed by atoms with van der Waals surface area (Å²) in [6, 6.07) is 15.0. The molecule has 330 valence electrons. The topological polar surface area (TPSA) is 221 Å². The van der Waals surface area contributed by atoms with Crippen LogP contribution in [0.3, 0.4) is 0 Å². The summed E-state index contributed by atoms with van der Waals surface area (Å²) in [5.41, 5.74) is -7.12. The van der Waals surface area contributed by atoms with Crippen molar-refractivity contribution in [2.75, 3.05) is 6.61 Å². The number of hydrogen-bond acceptors (Lipinski definition) is 14. The normalized spacial score (nSPS) is 32.3. The molecule has 15 nitrogen and oxygen atoms in total. The summed E-state index contributed by atoms with van der Waals surface area (Å²) in [4.78, 5) is 83.0. The van der Waals surface area contributed by atoms with E-state index in [-0.39, 0.29) is 36.2 Å². The highest BCUT2D eigenvalue weighted by atomic mass is 16.6. The highest BCUT2D eigenvalue weighted by Gasteiger charge is 2.78. The number of aliphatic hydroxyl groups excluding tert-OH is 2. The molecule has 0 aromatic heterocycles. The van der Waals surface area contributed by atoms with Crippen molar-refractivity contribution in [3.63, 3.8) is 0 Å². The van der Waals surface area contributed by atoms with E-state index in [1.807, 2.05) is 6.92 Å². The second-order valence-corrected chi connectivity index (χ2v) is 17.5. The Morgan fingerprint density at radius 2 is 1.56 bits per heavy atom. The van der Waals surface area contributed by atoms with Gasteiger partial charge in [0.2, 0.25) is 5.91 Å². The number of carbonyl (C=O) groups excluding carboxylic acids is 6. The Morgan fingerprint density at radius 1 is 0.918 bits per heavy atom. The standard InChI is InChI=1S/C46H57NO14/c1-8-9-12-21-33(51)47-35(28-17-13-10-14-18-28)36(52)42(55)59-30-23-46(56)40(60-41(54)29-19-15-11-16-20-29)38-44(7,31(50)22-32-45(38,24-57-32)61-27(4)49)39(53)37(58-26(3)48)34(25(30)2)43(46,5)6/h10-11,13-20,30-32,35-38,40,50,52,56H,8-9,12,21-24H2,1-7H3,(H,47,51)/t30-,31-,32+,35-,36+,37+,38?,40-,44+,45-,46+/m0/s1. The molecule has 1 heterocycles. The molecule has 0 radical (unpaired) electrons. The molecule has 1 unspecified atom stereocenters. The number of amides is 1. The van der Waals surface area contributed by atoms with Crippen LogP contribution in [0, 0.1) is 16.7 Å². The molecule has 2 aromatic carbocycles. The van der Waals surface area contributed by atoms with Crippen LogP contribution in [-0.4, -0.2) is 105 Å². The van der Waals surface area contributed by atoms with Gasteiger partial charge >= 0.3 is 23.9 Å². The molecule has 2 bridgehead atoms. The lowest BCUT2D eigenvalue weighted by Crippen LogP contribution is -2.82. The summed E-state index contributed by atoms with van der Waals surface area (Å²) in [6.07, 6.45) is -7.92. The van der Waals surface area contributed by atoms with Gasteiger partial charge < -0.3 is 44.3 Å². The number of rotatable bonds is 13. The van der Waals surface area contributed by atoms with Crippen molar-refractivity contribution in [3.8, 4) is 0 Å². The maximum Gasteiger partial charge on any atom is 0.338 e. The second kappa shape index (κ2) is 17.4. The predicted octanol–water partition coefficient (Wildman–Crippen LogP) is 4.00. The molecule has 15 heteroatoms. The molecule has 6 rings (SSSR count). The molecule has 3 fully saturated rings. The van der Waals surface area contributed by atoms with Crippen molar-refractivity contribution in [2.45, 2.75) is 141 Å². The molecule has 3 aliphatic carbocycles. The number of aliphatic hydroxyl groups is 3. The van der Waals surface area contributed by atoms with Crippen LogP contribution in [-0.2, 0) is 47.7 Å². The number of fused-ring (bicyclic) bond motifs is 5. The van der Waals surface area contributed by atoms with Crippen molar-refractivity contribution in [2.24, 2.45) is 16.7 Å². The van der Waals surface area contributed by atoms with Crippen LogP contribution >= 0.6 is 0 Å². The Balaban J connectivity index is 1.52. The first kappa shape index (κ1) is 45.6. The Kier molecular flexibility index (Phi) is 13.0. The van der Waals surface area contributed by atoms with Crippen LogP contribution in [0.2, 0.25) is 0 Å². The minimum Gasteiger partial charge on any atom is -0.456 e. The highest BCUT2D eigenvalue weighted by molar-refractivity contribution is 5.95. The van der Waals surface area contributed by atoms with Gasteiger partial charge in [0.25, 0.3) is 0 Å². The summed E-state index contributed by atoms with van der Waals surface area (Å²) in [7, 11) is 0. The molecule has 4 N–H and O–H groups in total. The van der Waals surface area contributed by atoms with E-state index in [4.69, 9.17) is 23.7 Å². The van der Waals surface area contributed by atoms with Gasteiger partial charge in [-0.05, 0) is 49.1 Å². The second-order valence-electron chi connectivity index (χ2n) is 17.5. The number of ketones is 1. The number of unbranched alkanes of at least 4 members (excludes halogenated alkanes) is 2. The van der Waals surface area contributed by atoms with Crippen LogP contribution in [0.1, 0.15) is 109 Å². The number of esters is 4. The average molecular weight is 848 g/mol. The summed E-state index contributed by atoms with van der Waals surface area (Å²) >= 11 is 0. The van der Waals surface area contributed by atoms with E-state index in [9.17, 15) is 39.3 Å². The van der Waals surface area contributed by atoms with E-state index in [2.05, 4.69) is 5.32 Å². The Labute approximate surface area is 355 Å². The number of carbonyl (C=O) groups is 6. The zero-order valence-corrected chi connectivity index (χ0v) is 35.7. The van der Waals surface area contributed by atoms with Crippen molar-refractivity contribution < 1.29 is 67.8 Å². The Morgan fingerprint density at radius 3 is 2.13 bits per heavy atom. The molecule has 2 aromatic rings. The first-order valence-electron chi connectivity index (χ1n) is 20.9. The van der Waals surface area contributed by atoms with Crippen LogP contribution in [0.25, 0.3) is 0 Å². The number of Topliss-reactive ketones (excluding diaryl/α,β-unsaturated/α-hetero) is 1. The lowest BCUT2D eigenvalue weighted by Gasteiger charge is -2.67. The van der Waals surface area contributed by atoms with E-state index in [0.29, 0.717) is 12.0 Å². The quantitative estimate of drug-likeness (QED) is 0.0969. The smallest absolute Gasteiger partial charge is 0.338 e. The lowest BCUT2D eigenvalue weighted by atomic mass is 9.44. The lowest BCUT2D eigenvalue weighted by molar-refractivity contribution is -0.346. The van der Waals surface area contributed by atoms with Crippen molar-refractivity contribution in [1.29, 1.82) is 0 Å². The summed E-state index contributed by atoms with van der Waals surface area (Å²) in [5.74, 6) is -6.55. The Bertz CT molecular complexity index is 2050. The number of hydrogen-bond donors (Lipinski definition) is 4. The van der Waals surface area contributed by atoms with E-state index in [1.54, 1.807) is 62.4 Å². The number of nitrogens with one attached hydrogen (secondary N) is 1. The molecular formula is C46H57NO14. The van der Waals surface area contributed by atoms with Gasteiger partial charge in [0.1, 0.15) is 23.9 Å². The van der Waals surface area contributed by atoms with Gasteiger partial charge in [-0.1, -0.05) is 82.1 Å². The van der Waals surface area contributed by atoms with Gasteiger partial charge in [-0.15, -0.1) is 0 Å². The predicted molar refractivity (Wildman–Crippen MR) is 216 cm³/mol. The van der Waals surface area contributed by atoms with Crippen LogP contribution in [0.4, 0.5) is 0 Å². The SMILES string of the molecule is CCCCCC(=O)N[C@@H](c1ccccc1)[C@@H](O)C(=O)O[C@H]1C[C@@]2(O)[C@@H](OC(=O)c3ccccc3)C3[C@](C)(C(=O)[C@H](OC(C)=O)C(=C1C)C2(C)C)[C@@H](O)C[C@H]1OC[C@@]31OC(C)=O. The van der Waals surface area contributed by atoms with Gasteiger partial charge in [0, 0.05) is 38.5 Å². The van der Waals surface area contributed by atoms with E-state index < -0.39 is 113 Å². The first-order valence-corrected chi connectivity index (χ1v) is 20.9. The largest absolute Gasteiger partial charge is 0.456 e. The molecule has 0 spiro atoms. The van der Waals surface area contributed by atoms with E-state index in [0.717, 1.165) is 26.7 Å². The summed E-state index contributed by atoms with van der Waals surface area (Å²) < 4.78 is 30.3. The maximum absolute atomic E-state index is 15.5. The first-order chi connectivity index (χ1) is 28.7. The molecule has 2 saturated carbocycles. The van der Waals surface area contributed by atoms with Gasteiger partial charge in [-0.25, -0.2) is 9.59 Å².